The molecule has 2 saturated heterocycles. The first-order valence-electron chi connectivity index (χ1n) is 14.3. The van der Waals surface area contributed by atoms with Gasteiger partial charge in [0.2, 0.25) is 5.91 Å². The average molecular weight is 562 g/mol. The van der Waals surface area contributed by atoms with Gasteiger partial charge in [0.05, 0.1) is 31.7 Å². The standard InChI is InChI=1S/C31H38ClFN2O2.ClH/c32-25-15-24-12-14-37-20-31(29(24)27(33)17-25)19-34-18-26(31)30(36)35-13-11-23(21-7-3-1-4-8-21)16-28(35)22-9-5-2-6-10-22;/h1,3-4,7-8,15,17,22-23,26,28,34H,2,5-6,9-14,16,18-20H2;1H/t23-,26+,28+,31+;/m1./s1. The molecule has 0 bridgehead atoms. The second kappa shape index (κ2) is 11.8. The summed E-state index contributed by atoms with van der Waals surface area (Å²) in [5.41, 5.74) is 2.33. The van der Waals surface area contributed by atoms with Gasteiger partial charge in [-0.25, -0.2) is 4.39 Å². The number of nitrogens with two attached hydrogens (primary N) is 1. The fourth-order valence-electron chi connectivity index (χ4n) is 8.00. The smallest absolute Gasteiger partial charge is 0.232 e. The number of amides is 1. The summed E-state index contributed by atoms with van der Waals surface area (Å²) in [6, 6.07) is 14.4. The SMILES string of the molecule is O=C([C@@H]1C[NH2+]C[C@]12COCCc1cc(Cl)cc(F)c12)N1CC[C@@H](c2ccccc2)C[C@H]1C1CCCCC1.[Cl-]. The van der Waals surface area contributed by atoms with Crippen LogP contribution in [-0.2, 0) is 21.4 Å². The number of carbonyl (C=O) groups is 1. The molecule has 4 aliphatic rings. The number of hydrogen-bond donors (Lipinski definition) is 1. The molecule has 1 saturated carbocycles. The first-order chi connectivity index (χ1) is 18.1. The number of carbonyl (C=O) groups excluding carboxylic acids is 1. The Labute approximate surface area is 237 Å². The maximum atomic E-state index is 15.6. The van der Waals surface area contributed by atoms with E-state index in [1.807, 2.05) is 6.07 Å². The van der Waals surface area contributed by atoms with Crippen LogP contribution >= 0.6 is 11.6 Å². The number of likely N-dealkylation sites (tertiary alicyclic amines) is 1. The highest BCUT2D eigenvalue weighted by Crippen LogP contribution is 2.44. The minimum absolute atomic E-state index is 0. The van der Waals surface area contributed by atoms with Gasteiger partial charge in [-0.05, 0) is 67.2 Å². The number of benzene rings is 2. The molecule has 4 atom stereocenters. The molecule has 1 aliphatic carbocycles. The van der Waals surface area contributed by atoms with E-state index in [9.17, 15) is 4.79 Å². The van der Waals surface area contributed by atoms with Crippen LogP contribution in [0.3, 0.4) is 0 Å². The first-order valence-corrected chi connectivity index (χ1v) is 14.7. The maximum absolute atomic E-state index is 15.6. The van der Waals surface area contributed by atoms with E-state index in [4.69, 9.17) is 16.3 Å². The molecule has 2 aromatic rings. The maximum Gasteiger partial charge on any atom is 0.232 e. The summed E-state index contributed by atoms with van der Waals surface area (Å²) in [6.07, 6.45) is 8.87. The van der Waals surface area contributed by atoms with Crippen LogP contribution in [0.1, 0.15) is 67.6 Å². The molecule has 3 fully saturated rings. The Morgan fingerprint density at radius 1 is 1.11 bits per heavy atom. The van der Waals surface area contributed by atoms with Crippen molar-refractivity contribution in [1.82, 2.24) is 4.90 Å². The second-order valence-electron chi connectivity index (χ2n) is 11.8. The summed E-state index contributed by atoms with van der Waals surface area (Å²) in [7, 11) is 0. The number of quaternary nitrogens is 1. The Morgan fingerprint density at radius 3 is 2.68 bits per heavy atom. The van der Waals surface area contributed by atoms with Crippen molar-refractivity contribution in [3.63, 3.8) is 0 Å². The Bertz CT molecular complexity index is 1130. The van der Waals surface area contributed by atoms with Crippen molar-refractivity contribution < 1.29 is 31.6 Å². The molecule has 6 rings (SSSR count). The zero-order valence-corrected chi connectivity index (χ0v) is 23.5. The highest BCUT2D eigenvalue weighted by molar-refractivity contribution is 6.30. The normalized spacial score (nSPS) is 29.9. The van der Waals surface area contributed by atoms with Gasteiger partial charge in [-0.15, -0.1) is 0 Å². The van der Waals surface area contributed by atoms with Crippen molar-refractivity contribution in [2.75, 3.05) is 32.8 Å². The van der Waals surface area contributed by atoms with Gasteiger partial charge in [-0.1, -0.05) is 61.2 Å². The molecule has 2 N–H and O–H groups in total. The highest BCUT2D eigenvalue weighted by atomic mass is 35.5. The second-order valence-corrected chi connectivity index (χ2v) is 12.2. The fourth-order valence-corrected chi connectivity index (χ4v) is 8.23. The van der Waals surface area contributed by atoms with Crippen LogP contribution in [0.15, 0.2) is 42.5 Å². The Hall–Kier alpha value is -1.66. The molecule has 4 nitrogen and oxygen atoms in total. The molecule has 2 aromatic carbocycles. The molecular weight excluding hydrogens is 522 g/mol. The molecule has 1 spiro atoms. The molecule has 3 heterocycles. The van der Waals surface area contributed by atoms with Gasteiger partial charge in [-0.3, -0.25) is 4.79 Å². The fraction of sp³-hybridized carbons (Fsp3) is 0.581. The molecule has 206 valence electrons. The van der Waals surface area contributed by atoms with E-state index in [2.05, 4.69) is 40.5 Å². The minimum atomic E-state index is -0.648. The van der Waals surface area contributed by atoms with Gasteiger partial charge in [0.1, 0.15) is 11.7 Å². The first kappa shape index (κ1) is 27.9. The molecule has 7 heteroatoms. The lowest BCUT2D eigenvalue weighted by atomic mass is 9.69. The van der Waals surface area contributed by atoms with Gasteiger partial charge in [0.15, 0.2) is 0 Å². The molecule has 3 aliphatic heterocycles. The topological polar surface area (TPSA) is 46.1 Å². The monoisotopic (exact) mass is 560 g/mol. The lowest BCUT2D eigenvalue weighted by molar-refractivity contribution is -0.640. The van der Waals surface area contributed by atoms with Crippen LogP contribution in [-0.4, -0.2) is 49.7 Å². The van der Waals surface area contributed by atoms with Crippen molar-refractivity contribution in [2.45, 2.75) is 68.7 Å². The number of halogens is 3. The highest BCUT2D eigenvalue weighted by Gasteiger charge is 2.56. The number of fused-ring (bicyclic) bond motifs is 2. The zero-order chi connectivity index (χ0) is 25.4. The van der Waals surface area contributed by atoms with Gasteiger partial charge in [0.25, 0.3) is 0 Å². The van der Waals surface area contributed by atoms with Crippen molar-refractivity contribution in [1.29, 1.82) is 0 Å². The average Bonchev–Trinajstić information content (AvgIpc) is 3.25. The molecule has 1 amide bonds. The van der Waals surface area contributed by atoms with Gasteiger partial charge in [-0.2, -0.15) is 0 Å². The van der Waals surface area contributed by atoms with Crippen molar-refractivity contribution in [3.8, 4) is 0 Å². The molecular formula is C31H39Cl2FN2O2. The van der Waals surface area contributed by atoms with Crippen LogP contribution in [0.5, 0.6) is 0 Å². The number of piperidine rings is 1. The van der Waals surface area contributed by atoms with Crippen molar-refractivity contribution in [3.05, 3.63) is 70.0 Å². The number of hydrogen-bond acceptors (Lipinski definition) is 2. The molecule has 0 aromatic heterocycles. The summed E-state index contributed by atoms with van der Waals surface area (Å²) in [6.45, 7) is 3.05. The summed E-state index contributed by atoms with van der Waals surface area (Å²) in [5, 5.41) is 2.61. The predicted octanol–water partition coefficient (Wildman–Crippen LogP) is 1.84. The lowest BCUT2D eigenvalue weighted by Crippen LogP contribution is -3.00. The number of nitrogens with zero attached hydrogens (tertiary/aromatic N) is 1. The third kappa shape index (κ3) is 5.12. The Morgan fingerprint density at radius 2 is 1.89 bits per heavy atom. The van der Waals surface area contributed by atoms with Crippen molar-refractivity contribution >= 4 is 17.5 Å². The van der Waals surface area contributed by atoms with E-state index < -0.39 is 5.41 Å². The Balaban J connectivity index is 0.00000294. The predicted molar refractivity (Wildman–Crippen MR) is 143 cm³/mol. The summed E-state index contributed by atoms with van der Waals surface area (Å²) >= 11 is 6.26. The van der Waals surface area contributed by atoms with E-state index in [-0.39, 0.29) is 36.1 Å². The molecule has 0 unspecified atom stereocenters. The quantitative estimate of drug-likeness (QED) is 0.622. The third-order valence-corrected chi connectivity index (χ3v) is 10.00. The van der Waals surface area contributed by atoms with Crippen LogP contribution in [0.2, 0.25) is 5.02 Å². The van der Waals surface area contributed by atoms with E-state index in [1.165, 1.54) is 43.7 Å². The van der Waals surface area contributed by atoms with Gasteiger partial charge >= 0.3 is 0 Å². The van der Waals surface area contributed by atoms with E-state index >= 15 is 4.39 Å². The number of ether oxygens (including phenoxy) is 1. The third-order valence-electron chi connectivity index (χ3n) is 9.78. The largest absolute Gasteiger partial charge is 1.00 e. The van der Waals surface area contributed by atoms with E-state index in [1.54, 1.807) is 0 Å². The summed E-state index contributed by atoms with van der Waals surface area (Å²) < 4.78 is 21.7. The summed E-state index contributed by atoms with van der Waals surface area (Å²) in [4.78, 5) is 16.8. The number of rotatable bonds is 3. The van der Waals surface area contributed by atoms with Crippen LogP contribution < -0.4 is 17.7 Å². The van der Waals surface area contributed by atoms with Crippen molar-refractivity contribution in [2.24, 2.45) is 11.8 Å². The van der Waals surface area contributed by atoms with Crippen LogP contribution in [0, 0.1) is 17.7 Å². The van der Waals surface area contributed by atoms with Gasteiger partial charge < -0.3 is 27.4 Å². The minimum Gasteiger partial charge on any atom is -1.00 e. The van der Waals surface area contributed by atoms with Crippen LogP contribution in [0.25, 0.3) is 0 Å². The van der Waals surface area contributed by atoms with E-state index in [0.29, 0.717) is 55.1 Å². The zero-order valence-electron chi connectivity index (χ0n) is 22.0. The Kier molecular flexibility index (Phi) is 8.69. The molecule has 38 heavy (non-hydrogen) atoms. The van der Waals surface area contributed by atoms with Gasteiger partial charge in [0, 0.05) is 23.2 Å². The molecule has 0 radical (unpaired) electrons. The van der Waals surface area contributed by atoms with E-state index in [0.717, 1.165) is 24.9 Å². The summed E-state index contributed by atoms with van der Waals surface area (Å²) in [5.74, 6) is 0.676. The lowest BCUT2D eigenvalue weighted by Gasteiger charge is -2.46. The van der Waals surface area contributed by atoms with Crippen LogP contribution in [0.4, 0.5) is 4.39 Å².